The third kappa shape index (κ3) is 5.51. The first kappa shape index (κ1) is 17.8. The molecule has 0 atom stereocenters. The minimum absolute atomic E-state index is 0.0341. The summed E-state index contributed by atoms with van der Waals surface area (Å²) in [6, 6.07) is 14.0. The van der Waals surface area contributed by atoms with Crippen molar-refractivity contribution in [1.82, 2.24) is 5.32 Å². The standard InChI is InChI=1S/C20H22N2O4/c23-17-5-1-3-14(11-17)9-10-21-19(24)13-26-18-6-2-4-16(12-18)22-20(25)15-7-8-15/h1-6,11-12,15,23H,7-10,13H2,(H,21,24)(H,22,25). The summed E-state index contributed by atoms with van der Waals surface area (Å²) >= 11 is 0. The number of ether oxygens (including phenoxy) is 1. The maximum absolute atomic E-state index is 11.9. The molecule has 3 N–H and O–H groups in total. The van der Waals surface area contributed by atoms with Crippen LogP contribution in [0.3, 0.4) is 0 Å². The zero-order valence-electron chi connectivity index (χ0n) is 14.4. The van der Waals surface area contributed by atoms with Crippen LogP contribution in [0.2, 0.25) is 0 Å². The topological polar surface area (TPSA) is 87.7 Å². The Labute approximate surface area is 152 Å². The van der Waals surface area contributed by atoms with Crippen LogP contribution in [0.15, 0.2) is 48.5 Å². The summed E-state index contributed by atoms with van der Waals surface area (Å²) in [6.45, 7) is 0.364. The van der Waals surface area contributed by atoms with Crippen molar-refractivity contribution >= 4 is 17.5 Å². The molecule has 1 saturated carbocycles. The quantitative estimate of drug-likeness (QED) is 0.680. The van der Waals surface area contributed by atoms with Crippen LogP contribution in [-0.4, -0.2) is 30.1 Å². The molecule has 6 nitrogen and oxygen atoms in total. The van der Waals surface area contributed by atoms with Crippen molar-refractivity contribution in [2.45, 2.75) is 19.3 Å². The Morgan fingerprint density at radius 1 is 1.12 bits per heavy atom. The number of carbonyl (C=O) groups excluding carboxylic acids is 2. The van der Waals surface area contributed by atoms with E-state index < -0.39 is 0 Å². The maximum atomic E-state index is 11.9. The minimum atomic E-state index is -0.224. The number of carbonyl (C=O) groups is 2. The maximum Gasteiger partial charge on any atom is 0.257 e. The van der Waals surface area contributed by atoms with E-state index in [2.05, 4.69) is 10.6 Å². The van der Waals surface area contributed by atoms with E-state index in [9.17, 15) is 14.7 Å². The second-order valence-electron chi connectivity index (χ2n) is 6.35. The number of anilines is 1. The van der Waals surface area contributed by atoms with Gasteiger partial charge in [-0.3, -0.25) is 9.59 Å². The molecular weight excluding hydrogens is 332 g/mol. The fourth-order valence-corrected chi connectivity index (χ4v) is 2.51. The molecule has 1 fully saturated rings. The van der Waals surface area contributed by atoms with Gasteiger partial charge in [0.25, 0.3) is 5.91 Å². The van der Waals surface area contributed by atoms with E-state index in [0.29, 0.717) is 24.4 Å². The van der Waals surface area contributed by atoms with Crippen molar-refractivity contribution in [2.24, 2.45) is 5.92 Å². The summed E-state index contributed by atoms with van der Waals surface area (Å²) in [6.07, 6.45) is 2.53. The Kier molecular flexibility index (Phi) is 5.73. The Hall–Kier alpha value is -3.02. The zero-order valence-corrected chi connectivity index (χ0v) is 14.4. The minimum Gasteiger partial charge on any atom is -0.508 e. The molecule has 2 aromatic rings. The van der Waals surface area contributed by atoms with Gasteiger partial charge in [0.05, 0.1) is 0 Å². The molecule has 0 heterocycles. The lowest BCUT2D eigenvalue weighted by Crippen LogP contribution is -2.30. The molecule has 0 aromatic heterocycles. The number of amides is 2. The second-order valence-corrected chi connectivity index (χ2v) is 6.35. The number of benzene rings is 2. The van der Waals surface area contributed by atoms with E-state index in [-0.39, 0.29) is 30.1 Å². The van der Waals surface area contributed by atoms with Gasteiger partial charge in [-0.2, -0.15) is 0 Å². The van der Waals surface area contributed by atoms with E-state index in [4.69, 9.17) is 4.74 Å². The van der Waals surface area contributed by atoms with Crippen LogP contribution in [0.25, 0.3) is 0 Å². The summed E-state index contributed by atoms with van der Waals surface area (Å²) in [5.74, 6) is 0.689. The van der Waals surface area contributed by atoms with E-state index in [1.54, 1.807) is 42.5 Å². The van der Waals surface area contributed by atoms with E-state index in [0.717, 1.165) is 18.4 Å². The molecule has 0 spiro atoms. The van der Waals surface area contributed by atoms with Gasteiger partial charge in [-0.05, 0) is 49.1 Å². The SMILES string of the molecule is O=C(COc1cccc(NC(=O)C2CC2)c1)NCCc1cccc(O)c1. The smallest absolute Gasteiger partial charge is 0.257 e. The summed E-state index contributed by atoms with van der Waals surface area (Å²) in [5, 5.41) is 15.0. The number of phenolic OH excluding ortho intramolecular Hbond substituents is 1. The lowest BCUT2D eigenvalue weighted by Gasteiger charge is -2.10. The van der Waals surface area contributed by atoms with Crippen molar-refractivity contribution in [3.05, 3.63) is 54.1 Å². The van der Waals surface area contributed by atoms with E-state index in [1.807, 2.05) is 6.07 Å². The first-order chi connectivity index (χ1) is 12.6. The van der Waals surface area contributed by atoms with Crippen LogP contribution in [0.1, 0.15) is 18.4 Å². The number of aromatic hydroxyl groups is 1. The molecule has 26 heavy (non-hydrogen) atoms. The predicted octanol–water partition coefficient (Wildman–Crippen LogP) is 2.48. The fraction of sp³-hybridized carbons (Fsp3) is 0.300. The number of hydrogen-bond acceptors (Lipinski definition) is 4. The summed E-state index contributed by atoms with van der Waals surface area (Å²) < 4.78 is 5.48. The molecule has 1 aliphatic carbocycles. The van der Waals surface area contributed by atoms with Gasteiger partial charge in [0.1, 0.15) is 11.5 Å². The second kappa shape index (κ2) is 8.38. The van der Waals surface area contributed by atoms with Crippen LogP contribution in [0, 0.1) is 5.92 Å². The monoisotopic (exact) mass is 354 g/mol. The molecule has 2 aromatic carbocycles. The lowest BCUT2D eigenvalue weighted by molar-refractivity contribution is -0.123. The van der Waals surface area contributed by atoms with Crippen molar-refractivity contribution < 1.29 is 19.4 Å². The normalized spacial score (nSPS) is 13.1. The van der Waals surface area contributed by atoms with Crippen molar-refractivity contribution in [1.29, 1.82) is 0 Å². The number of hydrogen-bond donors (Lipinski definition) is 3. The Morgan fingerprint density at radius 2 is 1.92 bits per heavy atom. The molecule has 3 rings (SSSR count). The third-order valence-corrected chi connectivity index (χ3v) is 4.07. The lowest BCUT2D eigenvalue weighted by atomic mass is 10.1. The van der Waals surface area contributed by atoms with Gasteiger partial charge in [0.2, 0.25) is 5.91 Å². The predicted molar refractivity (Wildman–Crippen MR) is 98.1 cm³/mol. The number of phenols is 1. The number of rotatable bonds is 8. The third-order valence-electron chi connectivity index (χ3n) is 4.07. The molecule has 0 unspecified atom stereocenters. The molecule has 0 saturated heterocycles. The summed E-state index contributed by atoms with van der Waals surface area (Å²) in [7, 11) is 0. The average Bonchev–Trinajstić information content (AvgIpc) is 3.46. The molecule has 136 valence electrons. The van der Waals surface area contributed by atoms with Crippen molar-refractivity contribution in [3.8, 4) is 11.5 Å². The highest BCUT2D eigenvalue weighted by atomic mass is 16.5. The molecule has 0 radical (unpaired) electrons. The van der Waals surface area contributed by atoms with Gasteiger partial charge in [0.15, 0.2) is 6.61 Å². The zero-order chi connectivity index (χ0) is 18.4. The van der Waals surface area contributed by atoms with Gasteiger partial charge in [-0.1, -0.05) is 18.2 Å². The highest BCUT2D eigenvalue weighted by molar-refractivity contribution is 5.94. The molecule has 2 amide bonds. The van der Waals surface area contributed by atoms with E-state index >= 15 is 0 Å². The average molecular weight is 354 g/mol. The summed E-state index contributed by atoms with van der Waals surface area (Å²) in [5.41, 5.74) is 1.62. The Morgan fingerprint density at radius 3 is 2.69 bits per heavy atom. The first-order valence-corrected chi connectivity index (χ1v) is 8.68. The van der Waals surface area contributed by atoms with Crippen molar-refractivity contribution in [3.63, 3.8) is 0 Å². The largest absolute Gasteiger partial charge is 0.508 e. The Balaban J connectivity index is 1.40. The highest BCUT2D eigenvalue weighted by Gasteiger charge is 2.29. The van der Waals surface area contributed by atoms with Crippen LogP contribution in [0.4, 0.5) is 5.69 Å². The van der Waals surface area contributed by atoms with Crippen LogP contribution < -0.4 is 15.4 Å². The summed E-state index contributed by atoms with van der Waals surface area (Å²) in [4.78, 5) is 23.7. The fourth-order valence-electron chi connectivity index (χ4n) is 2.51. The molecule has 0 aliphatic heterocycles. The van der Waals surface area contributed by atoms with Gasteiger partial charge in [-0.25, -0.2) is 0 Å². The number of nitrogens with one attached hydrogen (secondary N) is 2. The molecule has 1 aliphatic rings. The van der Waals surface area contributed by atoms with Crippen molar-refractivity contribution in [2.75, 3.05) is 18.5 Å². The van der Waals surface area contributed by atoms with Gasteiger partial charge < -0.3 is 20.5 Å². The van der Waals surface area contributed by atoms with Crippen LogP contribution >= 0.6 is 0 Å². The molecule has 0 bridgehead atoms. The highest BCUT2D eigenvalue weighted by Crippen LogP contribution is 2.30. The van der Waals surface area contributed by atoms with E-state index in [1.165, 1.54) is 0 Å². The molecular formula is C20H22N2O4. The van der Waals surface area contributed by atoms with Gasteiger partial charge in [0, 0.05) is 24.2 Å². The van der Waals surface area contributed by atoms with Crippen LogP contribution in [-0.2, 0) is 16.0 Å². The van der Waals surface area contributed by atoms with Crippen LogP contribution in [0.5, 0.6) is 11.5 Å². The Bertz CT molecular complexity index is 787. The van der Waals surface area contributed by atoms with Gasteiger partial charge >= 0.3 is 0 Å². The first-order valence-electron chi connectivity index (χ1n) is 8.68. The van der Waals surface area contributed by atoms with Gasteiger partial charge in [-0.15, -0.1) is 0 Å². The molecule has 6 heteroatoms.